The molecule has 4 heteroatoms. The second kappa shape index (κ2) is 7.04. The van der Waals surface area contributed by atoms with Gasteiger partial charge in [0.1, 0.15) is 11.3 Å². The Hall–Kier alpha value is -2.69. The number of hydrogen-bond acceptors (Lipinski definition) is 4. The highest BCUT2D eigenvalue weighted by Crippen LogP contribution is 2.33. The van der Waals surface area contributed by atoms with Crippen LogP contribution in [0.15, 0.2) is 65.3 Å². The van der Waals surface area contributed by atoms with Gasteiger partial charge in [-0.2, -0.15) is 0 Å². The van der Waals surface area contributed by atoms with Gasteiger partial charge >= 0.3 is 0 Å². The van der Waals surface area contributed by atoms with E-state index in [1.165, 1.54) is 5.56 Å². The lowest BCUT2D eigenvalue weighted by Gasteiger charge is -2.34. The fourth-order valence-corrected chi connectivity index (χ4v) is 4.14. The summed E-state index contributed by atoms with van der Waals surface area (Å²) in [7, 11) is 0. The van der Waals surface area contributed by atoms with Gasteiger partial charge in [0, 0.05) is 41.8 Å². The van der Waals surface area contributed by atoms with E-state index in [1.807, 2.05) is 30.6 Å². The number of aliphatic hydroxyl groups is 1. The second-order valence-corrected chi connectivity index (χ2v) is 7.96. The van der Waals surface area contributed by atoms with Gasteiger partial charge in [0.25, 0.3) is 0 Å². The summed E-state index contributed by atoms with van der Waals surface area (Å²) in [6.07, 6.45) is 4.60. The van der Waals surface area contributed by atoms with Crippen molar-refractivity contribution in [1.29, 1.82) is 0 Å². The number of hydrogen-bond donors (Lipinski definition) is 1. The monoisotopic (exact) mass is 372 g/mol. The van der Waals surface area contributed by atoms with Crippen molar-refractivity contribution in [1.82, 2.24) is 9.88 Å². The normalized spacial score (nSPS) is 20.8. The number of benzene rings is 2. The van der Waals surface area contributed by atoms with Gasteiger partial charge < -0.3 is 9.52 Å². The van der Waals surface area contributed by atoms with E-state index < -0.39 is 0 Å². The van der Waals surface area contributed by atoms with Crippen molar-refractivity contribution in [2.75, 3.05) is 13.1 Å². The first kappa shape index (κ1) is 17.4. The molecule has 1 saturated heterocycles. The van der Waals surface area contributed by atoms with E-state index in [4.69, 9.17) is 4.42 Å². The Morgan fingerprint density at radius 3 is 2.86 bits per heavy atom. The first-order valence-corrected chi connectivity index (χ1v) is 9.93. The molecule has 142 valence electrons. The zero-order chi connectivity index (χ0) is 19.1. The minimum absolute atomic E-state index is 0.232. The van der Waals surface area contributed by atoms with Crippen molar-refractivity contribution in [2.45, 2.75) is 26.0 Å². The van der Waals surface area contributed by atoms with E-state index in [0.29, 0.717) is 5.92 Å². The summed E-state index contributed by atoms with van der Waals surface area (Å²) in [6.45, 7) is 4.75. The van der Waals surface area contributed by atoms with Crippen molar-refractivity contribution >= 4 is 21.7 Å². The molecular weight excluding hydrogens is 348 g/mol. The van der Waals surface area contributed by atoms with Gasteiger partial charge in [0.05, 0.1) is 6.10 Å². The Morgan fingerprint density at radius 2 is 2.00 bits per heavy atom. The lowest BCUT2D eigenvalue weighted by atomic mass is 9.95. The zero-order valence-corrected chi connectivity index (χ0v) is 16.0. The summed E-state index contributed by atoms with van der Waals surface area (Å²) in [4.78, 5) is 6.76. The number of likely N-dealkylation sites (tertiary alicyclic amines) is 1. The molecule has 4 aromatic rings. The molecule has 0 spiro atoms. The summed E-state index contributed by atoms with van der Waals surface area (Å²) >= 11 is 0. The number of fused-ring (bicyclic) bond motifs is 2. The van der Waals surface area contributed by atoms with Gasteiger partial charge in [0.15, 0.2) is 0 Å². The number of pyridine rings is 1. The molecule has 0 aliphatic carbocycles. The van der Waals surface area contributed by atoms with Gasteiger partial charge in [-0.1, -0.05) is 37.3 Å². The molecule has 1 aliphatic rings. The molecule has 4 nitrogen and oxygen atoms in total. The predicted octanol–water partition coefficient (Wildman–Crippen LogP) is 4.85. The number of β-amino-alcohol motifs (C(OH)–C–C–N with tert-alkyl or cyclic N) is 1. The van der Waals surface area contributed by atoms with Crippen molar-refractivity contribution in [3.05, 3.63) is 66.5 Å². The van der Waals surface area contributed by atoms with E-state index in [0.717, 1.165) is 59.1 Å². The summed E-state index contributed by atoms with van der Waals surface area (Å²) in [5, 5.41) is 13.6. The number of aromatic nitrogens is 1. The van der Waals surface area contributed by atoms with Crippen molar-refractivity contribution in [3.63, 3.8) is 0 Å². The summed E-state index contributed by atoms with van der Waals surface area (Å²) < 4.78 is 6.09. The van der Waals surface area contributed by atoms with Gasteiger partial charge in [-0.25, -0.2) is 0 Å². The molecular formula is C24H24N2O2. The Kier molecular flexibility index (Phi) is 4.38. The number of para-hydroxylation sites is 1. The van der Waals surface area contributed by atoms with Gasteiger partial charge in [-0.05, 0) is 48.0 Å². The minimum atomic E-state index is -0.232. The molecule has 1 unspecified atom stereocenters. The van der Waals surface area contributed by atoms with Crippen LogP contribution in [0.4, 0.5) is 0 Å². The molecule has 2 aromatic carbocycles. The summed E-state index contributed by atoms with van der Waals surface area (Å²) in [5.41, 5.74) is 3.16. The van der Waals surface area contributed by atoms with E-state index in [9.17, 15) is 5.11 Å². The molecule has 1 fully saturated rings. The van der Waals surface area contributed by atoms with E-state index in [2.05, 4.69) is 47.1 Å². The molecule has 0 radical (unpaired) electrons. The Labute approximate surface area is 164 Å². The molecule has 2 aromatic heterocycles. The smallest absolute Gasteiger partial charge is 0.137 e. The van der Waals surface area contributed by atoms with Crippen LogP contribution in [0.5, 0.6) is 0 Å². The van der Waals surface area contributed by atoms with Crippen LogP contribution in [0.1, 0.15) is 18.9 Å². The standard InChI is InChI=1S/C24H24N2O2/c1-16-8-9-26(15-22(16)27)14-17-6-7-19-12-25-13-21(20(19)10-17)24-11-18-4-2-3-5-23(18)28-24/h2-7,10-13,16,22,27H,8-9,14-15H2,1H3/t16?,22-/m1/s1. The highest BCUT2D eigenvalue weighted by molar-refractivity contribution is 5.97. The SMILES string of the molecule is CC1CCN(Cc2ccc3cncc(-c4cc5ccccc5o4)c3c2)C[C@H]1O. The summed E-state index contributed by atoms with van der Waals surface area (Å²) in [5.74, 6) is 1.23. The van der Waals surface area contributed by atoms with E-state index >= 15 is 0 Å². The maximum Gasteiger partial charge on any atom is 0.137 e. The highest BCUT2D eigenvalue weighted by atomic mass is 16.3. The van der Waals surface area contributed by atoms with Gasteiger partial charge in [-0.15, -0.1) is 0 Å². The van der Waals surface area contributed by atoms with Crippen LogP contribution in [0.2, 0.25) is 0 Å². The number of piperidine rings is 1. The lowest BCUT2D eigenvalue weighted by Crippen LogP contribution is -2.42. The van der Waals surface area contributed by atoms with Crippen molar-refractivity contribution in [3.8, 4) is 11.3 Å². The highest BCUT2D eigenvalue weighted by Gasteiger charge is 2.24. The topological polar surface area (TPSA) is 49.5 Å². The zero-order valence-electron chi connectivity index (χ0n) is 16.0. The quantitative estimate of drug-likeness (QED) is 0.558. The van der Waals surface area contributed by atoms with Crippen LogP contribution in [0.25, 0.3) is 33.1 Å². The average molecular weight is 372 g/mol. The third-order valence-electron chi connectivity index (χ3n) is 5.93. The van der Waals surface area contributed by atoms with E-state index in [-0.39, 0.29) is 6.10 Å². The minimum Gasteiger partial charge on any atom is -0.456 e. The number of rotatable bonds is 3. The fourth-order valence-electron chi connectivity index (χ4n) is 4.14. The maximum absolute atomic E-state index is 10.2. The predicted molar refractivity (Wildman–Crippen MR) is 112 cm³/mol. The van der Waals surface area contributed by atoms with Gasteiger partial charge in [-0.3, -0.25) is 9.88 Å². The van der Waals surface area contributed by atoms with Crippen LogP contribution >= 0.6 is 0 Å². The number of furan rings is 1. The molecule has 1 aliphatic heterocycles. The van der Waals surface area contributed by atoms with Gasteiger partial charge in [0.2, 0.25) is 0 Å². The van der Waals surface area contributed by atoms with Crippen molar-refractivity contribution < 1.29 is 9.52 Å². The van der Waals surface area contributed by atoms with Crippen LogP contribution in [-0.4, -0.2) is 34.2 Å². The maximum atomic E-state index is 10.2. The largest absolute Gasteiger partial charge is 0.456 e. The van der Waals surface area contributed by atoms with Crippen LogP contribution < -0.4 is 0 Å². The number of aliphatic hydroxyl groups excluding tert-OH is 1. The van der Waals surface area contributed by atoms with Crippen molar-refractivity contribution in [2.24, 2.45) is 5.92 Å². The molecule has 0 saturated carbocycles. The van der Waals surface area contributed by atoms with E-state index in [1.54, 1.807) is 0 Å². The second-order valence-electron chi connectivity index (χ2n) is 7.96. The Balaban J connectivity index is 1.51. The molecule has 0 bridgehead atoms. The first-order valence-electron chi connectivity index (χ1n) is 9.93. The van der Waals surface area contributed by atoms with Crippen LogP contribution in [-0.2, 0) is 6.54 Å². The van der Waals surface area contributed by atoms with Crippen LogP contribution in [0.3, 0.4) is 0 Å². The average Bonchev–Trinajstić information content (AvgIpc) is 3.14. The molecule has 3 heterocycles. The number of nitrogens with zero attached hydrogens (tertiary/aromatic N) is 2. The molecule has 0 amide bonds. The third kappa shape index (κ3) is 3.19. The van der Waals surface area contributed by atoms with Crippen LogP contribution in [0, 0.1) is 5.92 Å². The molecule has 1 N–H and O–H groups in total. The molecule has 2 atom stereocenters. The summed E-state index contributed by atoms with van der Waals surface area (Å²) in [6, 6.07) is 16.7. The Bertz CT molecular complexity index is 1100. The molecule has 28 heavy (non-hydrogen) atoms. The fraction of sp³-hybridized carbons (Fsp3) is 0.292. The Morgan fingerprint density at radius 1 is 1.11 bits per heavy atom. The lowest BCUT2D eigenvalue weighted by molar-refractivity contribution is 0.0259. The first-order chi connectivity index (χ1) is 13.7. The third-order valence-corrected chi connectivity index (χ3v) is 5.93. The molecule has 5 rings (SSSR count).